The number of hydrogen-bond donors (Lipinski definition) is 1. The second kappa shape index (κ2) is 8.76. The van der Waals surface area contributed by atoms with Crippen molar-refractivity contribution in [3.63, 3.8) is 0 Å². The normalized spacial score (nSPS) is 21.1. The number of ether oxygens (including phenoxy) is 1. The summed E-state index contributed by atoms with van der Waals surface area (Å²) in [5, 5.41) is 6.66. The summed E-state index contributed by atoms with van der Waals surface area (Å²) < 4.78 is 45.3. The summed E-state index contributed by atoms with van der Waals surface area (Å²) in [5.41, 5.74) is -3.09. The van der Waals surface area contributed by atoms with E-state index in [1.165, 1.54) is 26.2 Å². The zero-order valence-electron chi connectivity index (χ0n) is 18.0. The van der Waals surface area contributed by atoms with Crippen LogP contribution in [0.2, 0.25) is 0 Å². The predicted octanol–water partition coefficient (Wildman–Crippen LogP) is 3.41. The van der Waals surface area contributed by atoms with Crippen LogP contribution in [-0.4, -0.2) is 34.3 Å². The standard InChI is InChI=1S/C22H24F3N3O4/c1-13-7-9-21(10-8-13,20(31)32-3)26-19(30)18-17(29)11-14(2)28(27-18)16-6-4-5-15(12-16)22(23,24)25/h4-6,11-13H,7-10H2,1-3H3,(H,26,30). The van der Waals surface area contributed by atoms with Gasteiger partial charge in [-0.3, -0.25) is 9.59 Å². The van der Waals surface area contributed by atoms with Crippen LogP contribution in [0.15, 0.2) is 35.1 Å². The Balaban J connectivity index is 1.99. The number of carbonyl (C=O) groups excluding carboxylic acids is 2. The molecule has 0 bridgehead atoms. The van der Waals surface area contributed by atoms with Gasteiger partial charge in [-0.05, 0) is 56.7 Å². The number of aryl methyl sites for hydroxylation is 1. The topological polar surface area (TPSA) is 90.3 Å². The predicted molar refractivity (Wildman–Crippen MR) is 109 cm³/mol. The number of nitrogens with one attached hydrogen (secondary N) is 1. The van der Waals surface area contributed by atoms with Crippen molar-refractivity contribution in [2.75, 3.05) is 7.11 Å². The minimum absolute atomic E-state index is 0.0422. The molecule has 1 aromatic heterocycles. The lowest BCUT2D eigenvalue weighted by atomic mass is 9.77. The van der Waals surface area contributed by atoms with E-state index in [2.05, 4.69) is 10.4 Å². The van der Waals surface area contributed by atoms with E-state index in [9.17, 15) is 27.6 Å². The maximum Gasteiger partial charge on any atom is 0.416 e. The van der Waals surface area contributed by atoms with Crippen molar-refractivity contribution in [1.29, 1.82) is 0 Å². The Morgan fingerprint density at radius 3 is 2.47 bits per heavy atom. The third-order valence-corrected chi connectivity index (χ3v) is 5.80. The average molecular weight is 451 g/mol. The number of esters is 1. The Morgan fingerprint density at radius 1 is 1.22 bits per heavy atom. The van der Waals surface area contributed by atoms with E-state index in [0.29, 0.717) is 31.6 Å². The second-order valence-electron chi connectivity index (χ2n) is 8.17. The SMILES string of the molecule is COC(=O)C1(NC(=O)c2nn(-c3cccc(C(F)(F)F)c3)c(C)cc2=O)CCC(C)CC1. The van der Waals surface area contributed by atoms with Gasteiger partial charge >= 0.3 is 12.1 Å². The van der Waals surface area contributed by atoms with Gasteiger partial charge in [0, 0.05) is 11.8 Å². The van der Waals surface area contributed by atoms with Crippen LogP contribution in [0, 0.1) is 12.8 Å². The zero-order valence-corrected chi connectivity index (χ0v) is 18.0. The third-order valence-electron chi connectivity index (χ3n) is 5.80. The molecule has 1 fully saturated rings. The molecule has 1 N–H and O–H groups in total. The number of methoxy groups -OCH3 is 1. The summed E-state index contributed by atoms with van der Waals surface area (Å²) in [7, 11) is 1.22. The van der Waals surface area contributed by atoms with Crippen LogP contribution in [0.5, 0.6) is 0 Å². The van der Waals surface area contributed by atoms with Crippen LogP contribution in [0.3, 0.4) is 0 Å². The first kappa shape index (κ1) is 23.5. The van der Waals surface area contributed by atoms with Gasteiger partial charge in [-0.2, -0.15) is 18.3 Å². The van der Waals surface area contributed by atoms with Gasteiger partial charge in [0.1, 0.15) is 5.54 Å². The fourth-order valence-corrected chi connectivity index (χ4v) is 3.89. The molecule has 172 valence electrons. The lowest BCUT2D eigenvalue weighted by Gasteiger charge is -2.37. The summed E-state index contributed by atoms with van der Waals surface area (Å²) in [6.07, 6.45) is -2.50. The molecule has 1 aliphatic rings. The van der Waals surface area contributed by atoms with Gasteiger partial charge < -0.3 is 10.1 Å². The maximum absolute atomic E-state index is 13.1. The molecule has 1 aromatic carbocycles. The summed E-state index contributed by atoms with van der Waals surface area (Å²) in [5.74, 6) is -1.11. The minimum Gasteiger partial charge on any atom is -0.467 e. The molecule has 0 unspecified atom stereocenters. The first-order chi connectivity index (χ1) is 15.0. The Labute approximate surface area is 182 Å². The fourth-order valence-electron chi connectivity index (χ4n) is 3.89. The summed E-state index contributed by atoms with van der Waals surface area (Å²) in [4.78, 5) is 38.0. The molecule has 0 radical (unpaired) electrons. The number of aromatic nitrogens is 2. The average Bonchev–Trinajstić information content (AvgIpc) is 2.74. The Hall–Kier alpha value is -3.17. The molecule has 32 heavy (non-hydrogen) atoms. The molecule has 0 aliphatic heterocycles. The van der Waals surface area contributed by atoms with Crippen LogP contribution in [0.4, 0.5) is 13.2 Å². The molecule has 1 aliphatic carbocycles. The minimum atomic E-state index is -4.56. The van der Waals surface area contributed by atoms with Crippen LogP contribution in [0.25, 0.3) is 5.69 Å². The molecule has 1 heterocycles. The van der Waals surface area contributed by atoms with Gasteiger partial charge in [0.2, 0.25) is 5.43 Å². The number of rotatable bonds is 4. The monoisotopic (exact) mass is 451 g/mol. The highest BCUT2D eigenvalue weighted by atomic mass is 19.4. The first-order valence-electron chi connectivity index (χ1n) is 10.2. The van der Waals surface area contributed by atoms with E-state index in [1.54, 1.807) is 0 Å². The van der Waals surface area contributed by atoms with Crippen molar-refractivity contribution in [1.82, 2.24) is 15.1 Å². The molecule has 7 nitrogen and oxygen atoms in total. The molecule has 0 saturated heterocycles. The Morgan fingerprint density at radius 2 is 1.88 bits per heavy atom. The fraction of sp³-hybridized carbons (Fsp3) is 0.455. The quantitative estimate of drug-likeness (QED) is 0.720. The van der Waals surface area contributed by atoms with Crippen LogP contribution in [0.1, 0.15) is 54.4 Å². The summed E-state index contributed by atoms with van der Waals surface area (Å²) in [6, 6.07) is 5.52. The number of benzene rings is 1. The van der Waals surface area contributed by atoms with Crippen LogP contribution >= 0.6 is 0 Å². The molecule has 2 aromatic rings. The van der Waals surface area contributed by atoms with E-state index >= 15 is 0 Å². The number of halogens is 3. The van der Waals surface area contributed by atoms with Crippen molar-refractivity contribution >= 4 is 11.9 Å². The number of alkyl halides is 3. The van der Waals surface area contributed by atoms with Crippen molar-refractivity contribution in [3.8, 4) is 5.69 Å². The number of hydrogen-bond acceptors (Lipinski definition) is 5. The Kier molecular flexibility index (Phi) is 6.43. The van der Waals surface area contributed by atoms with E-state index in [-0.39, 0.29) is 11.4 Å². The van der Waals surface area contributed by atoms with Crippen LogP contribution in [-0.2, 0) is 15.7 Å². The highest BCUT2D eigenvalue weighted by Gasteiger charge is 2.44. The molecular formula is C22H24F3N3O4. The Bertz CT molecular complexity index is 1090. The highest BCUT2D eigenvalue weighted by molar-refractivity contribution is 5.96. The van der Waals surface area contributed by atoms with E-state index in [0.717, 1.165) is 22.9 Å². The number of amides is 1. The molecule has 3 rings (SSSR count). The first-order valence-corrected chi connectivity index (χ1v) is 10.2. The van der Waals surface area contributed by atoms with Crippen molar-refractivity contribution < 1.29 is 27.5 Å². The van der Waals surface area contributed by atoms with Gasteiger partial charge in [-0.1, -0.05) is 13.0 Å². The molecular weight excluding hydrogens is 427 g/mol. The van der Waals surface area contributed by atoms with Crippen molar-refractivity contribution in [2.24, 2.45) is 5.92 Å². The van der Waals surface area contributed by atoms with Crippen molar-refractivity contribution in [3.05, 3.63) is 57.5 Å². The number of nitrogens with zero attached hydrogens (tertiary/aromatic N) is 2. The molecule has 10 heteroatoms. The van der Waals surface area contributed by atoms with Gasteiger partial charge in [-0.25, -0.2) is 9.48 Å². The molecule has 1 amide bonds. The highest BCUT2D eigenvalue weighted by Crippen LogP contribution is 2.33. The van der Waals surface area contributed by atoms with E-state index in [1.807, 2.05) is 6.92 Å². The third kappa shape index (κ3) is 4.68. The molecule has 0 atom stereocenters. The lowest BCUT2D eigenvalue weighted by Crippen LogP contribution is -2.57. The molecule has 0 spiro atoms. The van der Waals surface area contributed by atoms with E-state index < -0.39 is 40.3 Å². The zero-order chi connectivity index (χ0) is 23.7. The van der Waals surface area contributed by atoms with E-state index in [4.69, 9.17) is 4.74 Å². The summed E-state index contributed by atoms with van der Waals surface area (Å²) in [6.45, 7) is 3.53. The van der Waals surface area contributed by atoms with Gasteiger partial charge in [0.15, 0.2) is 5.69 Å². The molecule has 1 saturated carbocycles. The second-order valence-corrected chi connectivity index (χ2v) is 8.17. The number of carbonyl (C=O) groups is 2. The summed E-state index contributed by atoms with van der Waals surface area (Å²) >= 11 is 0. The smallest absolute Gasteiger partial charge is 0.416 e. The van der Waals surface area contributed by atoms with Crippen LogP contribution < -0.4 is 10.7 Å². The van der Waals surface area contributed by atoms with Crippen molar-refractivity contribution in [2.45, 2.75) is 51.2 Å². The lowest BCUT2D eigenvalue weighted by molar-refractivity contribution is -0.150. The van der Waals surface area contributed by atoms with Gasteiger partial charge in [-0.15, -0.1) is 0 Å². The maximum atomic E-state index is 13.1. The van der Waals surface area contributed by atoms with Gasteiger partial charge in [0.05, 0.1) is 18.4 Å². The van der Waals surface area contributed by atoms with Gasteiger partial charge in [0.25, 0.3) is 5.91 Å². The largest absolute Gasteiger partial charge is 0.467 e.